The number of hydrogen-bond acceptors (Lipinski definition) is 3. The minimum atomic E-state index is -3.18. The van der Waals surface area contributed by atoms with Crippen LogP contribution in [0.15, 0.2) is 53.4 Å². The number of benzene rings is 2. The Hall–Kier alpha value is -1.72. The topological polar surface area (TPSA) is 46.2 Å². The van der Waals surface area contributed by atoms with Crippen LogP contribution in [0.2, 0.25) is 0 Å². The first-order valence-electron chi connectivity index (χ1n) is 6.62. The molecule has 1 atom stereocenters. The maximum atomic E-state index is 12.9. The molecule has 5 heteroatoms. The first kappa shape index (κ1) is 15.7. The molecule has 0 aromatic heterocycles. The van der Waals surface area contributed by atoms with Gasteiger partial charge in [-0.1, -0.05) is 24.3 Å². The van der Waals surface area contributed by atoms with E-state index in [-0.39, 0.29) is 11.9 Å². The second-order valence-corrected chi connectivity index (χ2v) is 7.03. The summed E-state index contributed by atoms with van der Waals surface area (Å²) in [4.78, 5) is 0.308. The molecule has 1 N–H and O–H groups in total. The van der Waals surface area contributed by atoms with Crippen LogP contribution in [0, 0.1) is 5.82 Å². The highest BCUT2D eigenvalue weighted by atomic mass is 32.2. The third-order valence-electron chi connectivity index (χ3n) is 3.41. The van der Waals surface area contributed by atoms with E-state index in [4.69, 9.17) is 0 Å². The molecule has 0 heterocycles. The maximum Gasteiger partial charge on any atom is 0.175 e. The van der Waals surface area contributed by atoms with Crippen LogP contribution >= 0.6 is 0 Å². The monoisotopic (exact) mass is 307 g/mol. The fourth-order valence-electron chi connectivity index (χ4n) is 2.19. The molecule has 0 radical (unpaired) electrons. The highest BCUT2D eigenvalue weighted by Crippen LogP contribution is 2.20. The number of nitrogens with one attached hydrogen (secondary N) is 1. The third-order valence-corrected chi connectivity index (χ3v) is 4.54. The van der Waals surface area contributed by atoms with E-state index in [0.717, 1.165) is 11.1 Å². The Bertz CT molecular complexity index is 694. The van der Waals surface area contributed by atoms with Crippen molar-refractivity contribution in [3.63, 3.8) is 0 Å². The average molecular weight is 307 g/mol. The summed E-state index contributed by atoms with van der Waals surface area (Å²) >= 11 is 0. The molecule has 2 aromatic carbocycles. The van der Waals surface area contributed by atoms with Gasteiger partial charge in [0.05, 0.1) is 4.90 Å². The van der Waals surface area contributed by atoms with E-state index in [1.54, 1.807) is 36.4 Å². The van der Waals surface area contributed by atoms with Gasteiger partial charge < -0.3 is 5.32 Å². The van der Waals surface area contributed by atoms with Crippen molar-refractivity contribution in [3.8, 4) is 0 Å². The number of sulfone groups is 1. The lowest BCUT2D eigenvalue weighted by Gasteiger charge is -2.17. The van der Waals surface area contributed by atoms with Gasteiger partial charge in [0.15, 0.2) is 9.84 Å². The van der Waals surface area contributed by atoms with Crippen molar-refractivity contribution < 1.29 is 12.8 Å². The van der Waals surface area contributed by atoms with Gasteiger partial charge >= 0.3 is 0 Å². The molecule has 2 rings (SSSR count). The Kier molecular flexibility index (Phi) is 4.75. The lowest BCUT2D eigenvalue weighted by Crippen LogP contribution is -2.18. The highest BCUT2D eigenvalue weighted by Gasteiger charge is 2.12. The molecule has 112 valence electrons. The van der Waals surface area contributed by atoms with Gasteiger partial charge in [-0.2, -0.15) is 0 Å². The van der Waals surface area contributed by atoms with Crippen LogP contribution in [-0.2, 0) is 16.3 Å². The van der Waals surface area contributed by atoms with Crippen LogP contribution in [-0.4, -0.2) is 21.7 Å². The molecular weight excluding hydrogens is 289 g/mol. The molecule has 0 fully saturated rings. The van der Waals surface area contributed by atoms with Gasteiger partial charge in [0.2, 0.25) is 0 Å². The summed E-state index contributed by atoms with van der Waals surface area (Å²) < 4.78 is 35.8. The SMILES string of the molecule is CNC(Cc1ccc(F)cc1)c1ccc(S(C)(=O)=O)cc1. The van der Waals surface area contributed by atoms with E-state index in [2.05, 4.69) is 5.32 Å². The lowest BCUT2D eigenvalue weighted by molar-refractivity contribution is 0.587. The minimum absolute atomic E-state index is 0.0454. The quantitative estimate of drug-likeness (QED) is 0.924. The van der Waals surface area contributed by atoms with E-state index < -0.39 is 9.84 Å². The van der Waals surface area contributed by atoms with Crippen molar-refractivity contribution in [1.29, 1.82) is 0 Å². The fourth-order valence-corrected chi connectivity index (χ4v) is 2.82. The van der Waals surface area contributed by atoms with Gasteiger partial charge in [-0.05, 0) is 48.9 Å². The third kappa shape index (κ3) is 4.12. The van der Waals surface area contributed by atoms with E-state index in [9.17, 15) is 12.8 Å². The van der Waals surface area contributed by atoms with Crippen molar-refractivity contribution in [3.05, 3.63) is 65.5 Å². The molecule has 1 unspecified atom stereocenters. The molecule has 2 aromatic rings. The number of rotatable bonds is 5. The fraction of sp³-hybridized carbons (Fsp3) is 0.250. The van der Waals surface area contributed by atoms with Crippen molar-refractivity contribution in [2.24, 2.45) is 0 Å². The standard InChI is InChI=1S/C16H18FNO2S/c1-18-16(11-12-3-7-14(17)8-4-12)13-5-9-15(10-6-13)21(2,19)20/h3-10,16,18H,11H2,1-2H3. The molecule has 0 aliphatic carbocycles. The largest absolute Gasteiger partial charge is 0.313 e. The molecule has 0 spiro atoms. The van der Waals surface area contributed by atoms with Crippen LogP contribution in [0.1, 0.15) is 17.2 Å². The highest BCUT2D eigenvalue weighted by molar-refractivity contribution is 7.90. The van der Waals surface area contributed by atoms with Crippen LogP contribution in [0.4, 0.5) is 4.39 Å². The lowest BCUT2D eigenvalue weighted by atomic mass is 9.99. The zero-order valence-electron chi connectivity index (χ0n) is 12.0. The van der Waals surface area contributed by atoms with E-state index >= 15 is 0 Å². The van der Waals surface area contributed by atoms with Crippen LogP contribution < -0.4 is 5.32 Å². The van der Waals surface area contributed by atoms with E-state index in [1.807, 2.05) is 7.05 Å². The molecule has 3 nitrogen and oxygen atoms in total. The van der Waals surface area contributed by atoms with Gasteiger partial charge in [0.25, 0.3) is 0 Å². The van der Waals surface area contributed by atoms with Gasteiger partial charge in [-0.25, -0.2) is 12.8 Å². The van der Waals surface area contributed by atoms with Crippen LogP contribution in [0.25, 0.3) is 0 Å². The molecule has 0 saturated carbocycles. The molecule has 21 heavy (non-hydrogen) atoms. The Morgan fingerprint density at radius 2 is 1.62 bits per heavy atom. The van der Waals surface area contributed by atoms with E-state index in [1.165, 1.54) is 18.4 Å². The first-order valence-corrected chi connectivity index (χ1v) is 8.51. The summed E-state index contributed by atoms with van der Waals surface area (Å²) in [5.41, 5.74) is 2.01. The maximum absolute atomic E-state index is 12.9. The van der Waals surface area contributed by atoms with Gasteiger partial charge in [0.1, 0.15) is 5.82 Å². The van der Waals surface area contributed by atoms with Crippen LogP contribution in [0.5, 0.6) is 0 Å². The summed E-state index contributed by atoms with van der Waals surface area (Å²) in [6.45, 7) is 0. The smallest absolute Gasteiger partial charge is 0.175 e. The zero-order valence-corrected chi connectivity index (χ0v) is 12.8. The summed E-state index contributed by atoms with van der Waals surface area (Å²) in [7, 11) is -1.33. The van der Waals surface area contributed by atoms with Crippen molar-refractivity contribution in [1.82, 2.24) is 5.32 Å². The summed E-state index contributed by atoms with van der Waals surface area (Å²) in [5.74, 6) is -0.253. The van der Waals surface area contributed by atoms with Gasteiger partial charge in [-0.15, -0.1) is 0 Å². The van der Waals surface area contributed by atoms with Crippen molar-refractivity contribution in [2.75, 3.05) is 13.3 Å². The summed E-state index contributed by atoms with van der Waals surface area (Å²) in [6, 6.07) is 13.3. The Labute approximate surface area is 124 Å². The summed E-state index contributed by atoms with van der Waals surface area (Å²) in [6.07, 6.45) is 1.89. The Morgan fingerprint density at radius 1 is 1.05 bits per heavy atom. The Morgan fingerprint density at radius 3 is 2.10 bits per heavy atom. The van der Waals surface area contributed by atoms with Gasteiger partial charge in [-0.3, -0.25) is 0 Å². The molecule has 0 aliphatic rings. The van der Waals surface area contributed by atoms with Crippen LogP contribution in [0.3, 0.4) is 0 Å². The normalized spacial score (nSPS) is 13.1. The Balaban J connectivity index is 2.19. The predicted octanol–water partition coefficient (Wildman–Crippen LogP) is 2.73. The summed E-state index contributed by atoms with van der Waals surface area (Å²) in [5, 5.41) is 3.20. The molecule has 0 amide bonds. The number of likely N-dealkylation sites (N-methyl/N-ethyl adjacent to an activating group) is 1. The number of hydrogen-bond donors (Lipinski definition) is 1. The molecule has 0 bridgehead atoms. The number of halogens is 1. The van der Waals surface area contributed by atoms with Gasteiger partial charge in [0, 0.05) is 12.3 Å². The molecule has 0 saturated heterocycles. The predicted molar refractivity (Wildman–Crippen MR) is 81.5 cm³/mol. The average Bonchev–Trinajstić information content (AvgIpc) is 2.46. The second kappa shape index (κ2) is 6.37. The molecular formula is C16H18FNO2S. The van der Waals surface area contributed by atoms with Crippen molar-refractivity contribution in [2.45, 2.75) is 17.4 Å². The molecule has 0 aliphatic heterocycles. The minimum Gasteiger partial charge on any atom is -0.313 e. The van der Waals surface area contributed by atoms with Crippen molar-refractivity contribution >= 4 is 9.84 Å². The van der Waals surface area contributed by atoms with E-state index in [0.29, 0.717) is 11.3 Å². The second-order valence-electron chi connectivity index (χ2n) is 5.01. The zero-order chi connectivity index (χ0) is 15.5. The first-order chi connectivity index (χ1) is 9.90.